The van der Waals surface area contributed by atoms with Crippen LogP contribution in [0.25, 0.3) is 11.1 Å². The maximum absolute atomic E-state index is 12.9. The van der Waals surface area contributed by atoms with Gasteiger partial charge < -0.3 is 16.2 Å². The quantitative estimate of drug-likeness (QED) is 0.789. The van der Waals surface area contributed by atoms with Crippen LogP contribution in [-0.2, 0) is 4.79 Å². The second-order valence-electron chi connectivity index (χ2n) is 4.70. The Labute approximate surface area is 125 Å². The van der Waals surface area contributed by atoms with Crippen LogP contribution in [0.2, 0.25) is 0 Å². The van der Waals surface area contributed by atoms with E-state index in [2.05, 4.69) is 10.3 Å². The van der Waals surface area contributed by atoms with E-state index >= 15 is 0 Å². The van der Waals surface area contributed by atoms with E-state index in [4.69, 9.17) is 5.73 Å². The molecular weight excluding hydrogens is 289 g/mol. The highest BCUT2D eigenvalue weighted by Crippen LogP contribution is 2.24. The van der Waals surface area contributed by atoms with Crippen molar-refractivity contribution in [3.8, 4) is 16.9 Å². The predicted octanol–water partition coefficient (Wildman–Crippen LogP) is 1.20. The number of halogens is 1. The first-order valence-corrected chi connectivity index (χ1v) is 6.43. The third-order valence-corrected chi connectivity index (χ3v) is 3.03. The van der Waals surface area contributed by atoms with E-state index in [1.807, 2.05) is 0 Å². The Morgan fingerprint density at radius 1 is 1.27 bits per heavy atom. The first-order valence-electron chi connectivity index (χ1n) is 6.43. The van der Waals surface area contributed by atoms with E-state index < -0.39 is 17.9 Å². The van der Waals surface area contributed by atoms with E-state index in [1.54, 1.807) is 0 Å². The van der Waals surface area contributed by atoms with Crippen molar-refractivity contribution < 1.29 is 19.1 Å². The van der Waals surface area contributed by atoms with E-state index in [9.17, 15) is 19.1 Å². The van der Waals surface area contributed by atoms with Gasteiger partial charge in [-0.1, -0.05) is 12.1 Å². The molecule has 1 atom stereocenters. The zero-order valence-corrected chi connectivity index (χ0v) is 11.7. The minimum atomic E-state index is -0.884. The molecule has 0 bridgehead atoms. The number of benzene rings is 1. The average molecular weight is 303 g/mol. The van der Waals surface area contributed by atoms with Crippen molar-refractivity contribution in [1.29, 1.82) is 0 Å². The number of primary amides is 1. The highest BCUT2D eigenvalue weighted by molar-refractivity contribution is 5.98. The summed E-state index contributed by atoms with van der Waals surface area (Å²) in [6.07, 6.45) is 1.37. The summed E-state index contributed by atoms with van der Waals surface area (Å²) in [4.78, 5) is 26.7. The Kier molecular flexibility index (Phi) is 4.36. The first-order chi connectivity index (χ1) is 10.4. The fourth-order valence-electron chi connectivity index (χ4n) is 1.76. The standard InChI is InChI=1S/C15H14FN3O3/c1-8(14(17)21)19-15(22)13-12(20)6-10(7-18-13)9-2-4-11(16)5-3-9/h2-8,20H,1H3,(H2,17,21)(H,19,22). The van der Waals surface area contributed by atoms with E-state index in [-0.39, 0.29) is 17.3 Å². The maximum atomic E-state index is 12.9. The number of hydrogen-bond acceptors (Lipinski definition) is 4. The number of nitrogens with zero attached hydrogens (tertiary/aromatic N) is 1. The van der Waals surface area contributed by atoms with Crippen LogP contribution in [0.1, 0.15) is 17.4 Å². The molecule has 114 valence electrons. The number of carbonyl (C=O) groups excluding carboxylic acids is 2. The van der Waals surface area contributed by atoms with Gasteiger partial charge in [-0.2, -0.15) is 0 Å². The van der Waals surface area contributed by atoms with Crippen LogP contribution in [0.15, 0.2) is 36.5 Å². The topological polar surface area (TPSA) is 105 Å². The summed E-state index contributed by atoms with van der Waals surface area (Å²) in [5.41, 5.74) is 5.99. The smallest absolute Gasteiger partial charge is 0.274 e. The van der Waals surface area contributed by atoms with Gasteiger partial charge in [0.05, 0.1) is 0 Å². The molecule has 0 aliphatic heterocycles. The van der Waals surface area contributed by atoms with E-state index in [1.165, 1.54) is 43.5 Å². The molecule has 7 heteroatoms. The third kappa shape index (κ3) is 3.38. The summed E-state index contributed by atoms with van der Waals surface area (Å²) >= 11 is 0. The maximum Gasteiger partial charge on any atom is 0.274 e. The van der Waals surface area contributed by atoms with Crippen molar-refractivity contribution in [3.63, 3.8) is 0 Å². The van der Waals surface area contributed by atoms with Crippen LogP contribution in [0.4, 0.5) is 4.39 Å². The monoisotopic (exact) mass is 303 g/mol. The zero-order chi connectivity index (χ0) is 16.3. The Balaban J connectivity index is 2.24. The molecule has 0 fully saturated rings. The second kappa shape index (κ2) is 6.21. The van der Waals surface area contributed by atoms with Crippen molar-refractivity contribution in [2.75, 3.05) is 0 Å². The zero-order valence-electron chi connectivity index (χ0n) is 11.7. The van der Waals surface area contributed by atoms with Gasteiger partial charge in [-0.15, -0.1) is 0 Å². The Morgan fingerprint density at radius 2 is 1.91 bits per heavy atom. The van der Waals surface area contributed by atoms with Crippen molar-refractivity contribution >= 4 is 11.8 Å². The number of amides is 2. The molecule has 2 rings (SSSR count). The van der Waals surface area contributed by atoms with Crippen LogP contribution in [0, 0.1) is 5.82 Å². The predicted molar refractivity (Wildman–Crippen MR) is 77.4 cm³/mol. The average Bonchev–Trinajstić information content (AvgIpc) is 2.47. The molecule has 0 radical (unpaired) electrons. The third-order valence-electron chi connectivity index (χ3n) is 3.03. The van der Waals surface area contributed by atoms with Gasteiger partial charge in [-0.05, 0) is 30.7 Å². The van der Waals surface area contributed by atoms with Gasteiger partial charge in [-0.3, -0.25) is 9.59 Å². The lowest BCUT2D eigenvalue weighted by atomic mass is 10.1. The fraction of sp³-hybridized carbons (Fsp3) is 0.133. The summed E-state index contributed by atoms with van der Waals surface area (Å²) in [6, 6.07) is 6.07. The number of aromatic hydroxyl groups is 1. The minimum Gasteiger partial charge on any atom is -0.505 e. The molecule has 4 N–H and O–H groups in total. The van der Waals surface area contributed by atoms with Crippen LogP contribution in [0.3, 0.4) is 0 Å². The molecular formula is C15H14FN3O3. The number of aromatic nitrogens is 1. The lowest BCUT2D eigenvalue weighted by Crippen LogP contribution is -2.42. The molecule has 1 unspecified atom stereocenters. The number of carbonyl (C=O) groups is 2. The van der Waals surface area contributed by atoms with Gasteiger partial charge in [-0.25, -0.2) is 9.37 Å². The van der Waals surface area contributed by atoms with Crippen LogP contribution in [-0.4, -0.2) is 27.9 Å². The number of pyridine rings is 1. The van der Waals surface area contributed by atoms with Crippen LogP contribution >= 0.6 is 0 Å². The molecule has 2 amide bonds. The van der Waals surface area contributed by atoms with Crippen LogP contribution in [0.5, 0.6) is 5.75 Å². The van der Waals surface area contributed by atoms with Crippen molar-refractivity contribution in [2.45, 2.75) is 13.0 Å². The van der Waals surface area contributed by atoms with Gasteiger partial charge in [0.2, 0.25) is 5.91 Å². The molecule has 1 aromatic heterocycles. The minimum absolute atomic E-state index is 0.223. The summed E-state index contributed by atoms with van der Waals surface area (Å²) in [6.45, 7) is 1.42. The summed E-state index contributed by atoms with van der Waals surface area (Å²) in [5, 5.41) is 12.2. The van der Waals surface area contributed by atoms with Crippen molar-refractivity contribution in [2.24, 2.45) is 5.73 Å². The fourth-order valence-corrected chi connectivity index (χ4v) is 1.76. The molecule has 2 aromatic rings. The number of nitrogens with one attached hydrogen (secondary N) is 1. The highest BCUT2D eigenvalue weighted by atomic mass is 19.1. The molecule has 0 spiro atoms. The van der Waals surface area contributed by atoms with Gasteiger partial charge in [0.15, 0.2) is 5.69 Å². The summed E-state index contributed by atoms with van der Waals surface area (Å²) in [5.74, 6) is -2.14. The molecule has 1 heterocycles. The van der Waals surface area contributed by atoms with E-state index in [0.29, 0.717) is 11.1 Å². The van der Waals surface area contributed by atoms with Crippen molar-refractivity contribution in [3.05, 3.63) is 48.0 Å². The van der Waals surface area contributed by atoms with Gasteiger partial charge in [0, 0.05) is 11.8 Å². The van der Waals surface area contributed by atoms with Gasteiger partial charge >= 0.3 is 0 Å². The Bertz CT molecular complexity index is 716. The summed E-state index contributed by atoms with van der Waals surface area (Å²) < 4.78 is 12.9. The highest BCUT2D eigenvalue weighted by Gasteiger charge is 2.18. The summed E-state index contributed by atoms with van der Waals surface area (Å²) in [7, 11) is 0. The molecule has 0 saturated heterocycles. The van der Waals surface area contributed by atoms with Gasteiger partial charge in [0.1, 0.15) is 17.6 Å². The lowest BCUT2D eigenvalue weighted by Gasteiger charge is -2.11. The van der Waals surface area contributed by atoms with Crippen molar-refractivity contribution in [1.82, 2.24) is 10.3 Å². The number of hydrogen-bond donors (Lipinski definition) is 3. The second-order valence-corrected chi connectivity index (χ2v) is 4.70. The van der Waals surface area contributed by atoms with Gasteiger partial charge in [0.25, 0.3) is 5.91 Å². The number of nitrogens with two attached hydrogens (primary N) is 1. The molecule has 22 heavy (non-hydrogen) atoms. The largest absolute Gasteiger partial charge is 0.505 e. The molecule has 0 aliphatic rings. The van der Waals surface area contributed by atoms with E-state index in [0.717, 1.165) is 0 Å². The van der Waals surface area contributed by atoms with Crippen LogP contribution < -0.4 is 11.1 Å². The SMILES string of the molecule is CC(NC(=O)c1ncc(-c2ccc(F)cc2)cc1O)C(N)=O. The number of rotatable bonds is 4. The first kappa shape index (κ1) is 15.4. The molecule has 1 aromatic carbocycles. The molecule has 6 nitrogen and oxygen atoms in total. The molecule has 0 aliphatic carbocycles. The molecule has 0 saturated carbocycles. The lowest BCUT2D eigenvalue weighted by molar-refractivity contribution is -0.119. The normalized spacial score (nSPS) is 11.7. The Hall–Kier alpha value is -2.96. The Morgan fingerprint density at radius 3 is 2.45 bits per heavy atom.